The van der Waals surface area contributed by atoms with Crippen molar-refractivity contribution in [3.8, 4) is 18.1 Å². The Hall–Kier alpha value is -2.49. The van der Waals surface area contributed by atoms with Gasteiger partial charge in [0.25, 0.3) is 0 Å². The molecule has 24 heavy (non-hydrogen) atoms. The molecule has 2 amide bonds. The van der Waals surface area contributed by atoms with Crippen molar-refractivity contribution in [1.82, 2.24) is 10.6 Å². The van der Waals surface area contributed by atoms with Crippen LogP contribution < -0.4 is 15.4 Å². The van der Waals surface area contributed by atoms with Gasteiger partial charge in [0.1, 0.15) is 18.0 Å². The maximum Gasteiger partial charge on any atom is 0.315 e. The van der Waals surface area contributed by atoms with Crippen LogP contribution in [0.15, 0.2) is 41.8 Å². The fourth-order valence-corrected chi connectivity index (χ4v) is 2.86. The molecule has 0 radical (unpaired) electrons. The highest BCUT2D eigenvalue weighted by atomic mass is 32.1. The molecule has 0 unspecified atom stereocenters. The molecular weight excluding hydrogens is 324 g/mol. The van der Waals surface area contributed by atoms with Crippen molar-refractivity contribution >= 4 is 17.4 Å². The Bertz CT molecular complexity index is 705. The number of hydrogen-bond donors (Lipinski definition) is 3. The van der Waals surface area contributed by atoms with Gasteiger partial charge in [-0.05, 0) is 24.4 Å². The maximum absolute atomic E-state index is 12.0. The van der Waals surface area contributed by atoms with Crippen LogP contribution in [-0.2, 0) is 12.1 Å². The number of para-hydroxylation sites is 1. The molecule has 3 N–H and O–H groups in total. The molecule has 6 heteroatoms. The van der Waals surface area contributed by atoms with Gasteiger partial charge in [-0.2, -0.15) is 0 Å². The summed E-state index contributed by atoms with van der Waals surface area (Å²) in [7, 11) is 0. The number of terminal acetylenes is 1. The molecule has 0 aliphatic carbocycles. The summed E-state index contributed by atoms with van der Waals surface area (Å²) in [5.41, 5.74) is -0.271. The third-order valence-corrected chi connectivity index (χ3v) is 4.49. The molecule has 0 fully saturated rings. The highest BCUT2D eigenvalue weighted by Gasteiger charge is 2.24. The number of aliphatic hydroxyl groups is 1. The van der Waals surface area contributed by atoms with E-state index in [4.69, 9.17) is 11.2 Å². The Kier molecular flexibility index (Phi) is 6.24. The zero-order chi connectivity index (χ0) is 17.4. The van der Waals surface area contributed by atoms with Crippen molar-refractivity contribution in [3.05, 3.63) is 52.2 Å². The zero-order valence-corrected chi connectivity index (χ0v) is 14.2. The largest absolute Gasteiger partial charge is 0.481 e. The highest BCUT2D eigenvalue weighted by Crippen LogP contribution is 2.24. The molecule has 0 saturated carbocycles. The number of carbonyl (C=O) groups excluding carboxylic acids is 1. The lowest BCUT2D eigenvalue weighted by Gasteiger charge is -2.22. The first-order chi connectivity index (χ1) is 11.5. The minimum atomic E-state index is -1.10. The third-order valence-electron chi connectivity index (χ3n) is 3.37. The molecule has 2 rings (SSSR count). The number of thiophene rings is 1. The molecule has 126 valence electrons. The molecular formula is C18H20N2O3S. The number of urea groups is 1. The fraction of sp³-hybridized carbons (Fsp3) is 0.278. The lowest BCUT2D eigenvalue weighted by Crippen LogP contribution is -2.42. The Morgan fingerprint density at radius 3 is 2.83 bits per heavy atom. The maximum atomic E-state index is 12.0. The van der Waals surface area contributed by atoms with Gasteiger partial charge in [0.15, 0.2) is 0 Å². The number of hydrogen-bond acceptors (Lipinski definition) is 4. The monoisotopic (exact) mass is 344 g/mol. The fourth-order valence-electron chi connectivity index (χ4n) is 2.07. The van der Waals surface area contributed by atoms with E-state index in [-0.39, 0.29) is 19.2 Å². The minimum absolute atomic E-state index is 0.120. The Balaban J connectivity index is 1.85. The van der Waals surface area contributed by atoms with E-state index in [1.165, 1.54) is 11.3 Å². The second-order valence-electron chi connectivity index (χ2n) is 5.39. The number of ether oxygens (including phenoxy) is 1. The highest BCUT2D eigenvalue weighted by molar-refractivity contribution is 7.10. The van der Waals surface area contributed by atoms with Crippen LogP contribution in [0.1, 0.15) is 17.4 Å². The third kappa shape index (κ3) is 5.01. The zero-order valence-electron chi connectivity index (χ0n) is 13.4. The first-order valence-electron chi connectivity index (χ1n) is 7.45. The van der Waals surface area contributed by atoms with Crippen LogP contribution in [-0.4, -0.2) is 24.3 Å². The van der Waals surface area contributed by atoms with Crippen LogP contribution in [0.3, 0.4) is 0 Å². The van der Waals surface area contributed by atoms with Crippen LogP contribution >= 0.6 is 11.3 Å². The summed E-state index contributed by atoms with van der Waals surface area (Å²) in [6.07, 6.45) is 5.19. The van der Waals surface area contributed by atoms with Gasteiger partial charge in [0.2, 0.25) is 0 Å². The van der Waals surface area contributed by atoms with E-state index in [0.29, 0.717) is 12.3 Å². The van der Waals surface area contributed by atoms with Gasteiger partial charge < -0.3 is 20.5 Å². The smallest absolute Gasteiger partial charge is 0.315 e. The molecule has 2 aromatic rings. The van der Waals surface area contributed by atoms with Gasteiger partial charge in [0, 0.05) is 17.0 Å². The van der Waals surface area contributed by atoms with Crippen LogP contribution in [0.5, 0.6) is 5.75 Å². The first kappa shape index (κ1) is 17.9. The molecule has 1 aromatic carbocycles. The van der Waals surface area contributed by atoms with Crippen molar-refractivity contribution in [2.24, 2.45) is 0 Å². The molecule has 1 aromatic heterocycles. The predicted octanol–water partition coefficient (Wildman–Crippen LogP) is 2.47. The quantitative estimate of drug-likeness (QED) is 0.676. The van der Waals surface area contributed by atoms with Gasteiger partial charge in [0.05, 0.1) is 6.54 Å². The second kappa shape index (κ2) is 8.39. The number of benzene rings is 1. The van der Waals surface area contributed by atoms with Gasteiger partial charge in [-0.3, -0.25) is 0 Å². The van der Waals surface area contributed by atoms with Crippen LogP contribution in [0.2, 0.25) is 0 Å². The van der Waals surface area contributed by atoms with Crippen LogP contribution in [0.4, 0.5) is 4.79 Å². The molecule has 0 bridgehead atoms. The number of nitrogens with one attached hydrogen (secondary N) is 2. The molecule has 0 aliphatic rings. The van der Waals surface area contributed by atoms with E-state index in [2.05, 4.69) is 16.6 Å². The van der Waals surface area contributed by atoms with Gasteiger partial charge >= 0.3 is 6.03 Å². The summed E-state index contributed by atoms with van der Waals surface area (Å²) in [6, 6.07) is 10.7. The standard InChI is InChI=1S/C18H20N2O3S/c1-3-10-23-15-8-5-4-7-14(15)12-19-17(21)20-13-18(2,22)16-9-6-11-24-16/h1,4-9,11,22H,10,12-13H2,2H3,(H2,19,20,21)/t18-/m1/s1. The van der Waals surface area contributed by atoms with Crippen molar-refractivity contribution in [2.75, 3.05) is 13.2 Å². The Morgan fingerprint density at radius 1 is 1.33 bits per heavy atom. The Morgan fingerprint density at radius 2 is 2.12 bits per heavy atom. The number of carbonyl (C=O) groups is 1. The van der Waals surface area contributed by atoms with Crippen molar-refractivity contribution < 1.29 is 14.6 Å². The molecule has 0 saturated heterocycles. The van der Waals surface area contributed by atoms with Gasteiger partial charge in [-0.15, -0.1) is 17.8 Å². The van der Waals surface area contributed by atoms with E-state index in [9.17, 15) is 9.90 Å². The number of amides is 2. The van der Waals surface area contributed by atoms with Gasteiger partial charge in [-0.25, -0.2) is 4.79 Å². The van der Waals surface area contributed by atoms with Gasteiger partial charge in [-0.1, -0.05) is 30.2 Å². The van der Waals surface area contributed by atoms with E-state index in [0.717, 1.165) is 10.4 Å². The lowest BCUT2D eigenvalue weighted by molar-refractivity contribution is 0.0631. The summed E-state index contributed by atoms with van der Waals surface area (Å²) in [5, 5.41) is 17.7. The summed E-state index contributed by atoms with van der Waals surface area (Å²) < 4.78 is 5.44. The van der Waals surface area contributed by atoms with E-state index < -0.39 is 5.60 Å². The first-order valence-corrected chi connectivity index (χ1v) is 8.33. The molecule has 0 spiro atoms. The predicted molar refractivity (Wildman–Crippen MR) is 94.9 cm³/mol. The molecule has 5 nitrogen and oxygen atoms in total. The topological polar surface area (TPSA) is 70.6 Å². The molecule has 0 aliphatic heterocycles. The van der Waals surface area contributed by atoms with Crippen molar-refractivity contribution in [2.45, 2.75) is 19.1 Å². The number of rotatable bonds is 7. The SMILES string of the molecule is C#CCOc1ccccc1CNC(=O)NC[C@@](C)(O)c1cccs1. The van der Waals surface area contributed by atoms with E-state index in [1.54, 1.807) is 13.0 Å². The van der Waals surface area contributed by atoms with Crippen LogP contribution in [0.25, 0.3) is 0 Å². The van der Waals surface area contributed by atoms with Crippen molar-refractivity contribution in [1.29, 1.82) is 0 Å². The lowest BCUT2D eigenvalue weighted by atomic mass is 10.1. The second-order valence-corrected chi connectivity index (χ2v) is 6.34. The summed E-state index contributed by atoms with van der Waals surface area (Å²) >= 11 is 1.45. The Labute approximate surface area is 145 Å². The van der Waals surface area contributed by atoms with Crippen molar-refractivity contribution in [3.63, 3.8) is 0 Å². The normalized spacial score (nSPS) is 12.7. The summed E-state index contributed by atoms with van der Waals surface area (Å²) in [6.45, 7) is 2.26. The summed E-state index contributed by atoms with van der Waals surface area (Å²) in [5.74, 6) is 3.05. The van der Waals surface area contributed by atoms with E-state index >= 15 is 0 Å². The van der Waals surface area contributed by atoms with Crippen LogP contribution in [0, 0.1) is 12.3 Å². The molecule has 1 heterocycles. The molecule has 1 atom stereocenters. The average molecular weight is 344 g/mol. The minimum Gasteiger partial charge on any atom is -0.481 e. The summed E-state index contributed by atoms with van der Waals surface area (Å²) in [4.78, 5) is 12.8. The van der Waals surface area contributed by atoms with E-state index in [1.807, 2.05) is 35.7 Å². The average Bonchev–Trinajstić information content (AvgIpc) is 3.12.